The van der Waals surface area contributed by atoms with Gasteiger partial charge in [0, 0.05) is 43.5 Å². The molecule has 170 valence electrons. The smallest absolute Gasteiger partial charge is 0.255 e. The Morgan fingerprint density at radius 3 is 2.71 bits per heavy atom. The molecule has 3 aliphatic rings. The first-order valence-corrected chi connectivity index (χ1v) is 11.0. The Morgan fingerprint density at radius 1 is 1.13 bits per heavy atom. The van der Waals surface area contributed by atoms with Crippen LogP contribution in [0.15, 0.2) is 36.7 Å². The third-order valence-electron chi connectivity index (χ3n) is 6.41. The van der Waals surface area contributed by atoms with Crippen molar-refractivity contribution in [3.05, 3.63) is 47.8 Å². The summed E-state index contributed by atoms with van der Waals surface area (Å²) in [5.41, 5.74) is 2.74. The van der Waals surface area contributed by atoms with Crippen molar-refractivity contribution in [2.45, 2.75) is 50.6 Å². The third-order valence-corrected chi connectivity index (χ3v) is 6.41. The maximum absolute atomic E-state index is 12.7. The maximum atomic E-state index is 12.7. The van der Waals surface area contributed by atoms with Gasteiger partial charge in [-0.1, -0.05) is 12.1 Å². The van der Waals surface area contributed by atoms with E-state index in [0.717, 1.165) is 63.1 Å². The molecule has 2 atom stereocenters. The first-order chi connectivity index (χ1) is 14.2. The number of ether oxygens (including phenoxy) is 1. The Labute approximate surface area is 196 Å². The maximum Gasteiger partial charge on any atom is 0.255 e. The van der Waals surface area contributed by atoms with Crippen LogP contribution < -0.4 is 10.6 Å². The van der Waals surface area contributed by atoms with Gasteiger partial charge in [0.15, 0.2) is 0 Å². The van der Waals surface area contributed by atoms with Crippen LogP contribution in [0.1, 0.15) is 53.9 Å². The fourth-order valence-electron chi connectivity index (χ4n) is 4.26. The van der Waals surface area contributed by atoms with E-state index < -0.39 is 0 Å². The van der Waals surface area contributed by atoms with Crippen LogP contribution >= 0.6 is 24.8 Å². The van der Waals surface area contributed by atoms with Crippen molar-refractivity contribution < 1.29 is 9.53 Å². The fraction of sp³-hybridized carbons (Fsp3) is 0.565. The summed E-state index contributed by atoms with van der Waals surface area (Å²) in [6, 6.07) is 8.61. The lowest BCUT2D eigenvalue weighted by atomic mass is 10.0. The number of nitrogens with zero attached hydrogens (tertiary/aromatic N) is 2. The van der Waals surface area contributed by atoms with E-state index in [-0.39, 0.29) is 30.7 Å². The van der Waals surface area contributed by atoms with Crippen molar-refractivity contribution >= 4 is 36.4 Å². The topological polar surface area (TPSA) is 68.2 Å². The van der Waals surface area contributed by atoms with Gasteiger partial charge in [0.1, 0.15) is 0 Å². The number of anilines is 1. The minimum absolute atomic E-state index is 0. The highest BCUT2D eigenvalue weighted by Crippen LogP contribution is 2.41. The van der Waals surface area contributed by atoms with E-state index in [9.17, 15) is 4.79 Å². The number of carbonyl (C=O) groups is 1. The summed E-state index contributed by atoms with van der Waals surface area (Å²) in [6.07, 6.45) is 9.73. The van der Waals surface area contributed by atoms with Crippen molar-refractivity contribution in [2.24, 2.45) is 11.8 Å². The monoisotopic (exact) mass is 466 g/mol. The van der Waals surface area contributed by atoms with Gasteiger partial charge < -0.3 is 15.4 Å². The molecule has 2 saturated carbocycles. The van der Waals surface area contributed by atoms with E-state index in [0.29, 0.717) is 17.5 Å². The third kappa shape index (κ3) is 6.45. The number of nitrogens with one attached hydrogen (secondary N) is 2. The predicted octanol–water partition coefficient (Wildman–Crippen LogP) is 4.26. The Bertz CT molecular complexity index is 865. The van der Waals surface area contributed by atoms with Crippen LogP contribution in [0, 0.1) is 11.8 Å². The molecule has 1 amide bonds. The Balaban J connectivity index is 0.00000136. The zero-order valence-electron chi connectivity index (χ0n) is 17.7. The van der Waals surface area contributed by atoms with Gasteiger partial charge >= 0.3 is 0 Å². The second kappa shape index (κ2) is 10.8. The molecule has 6 nitrogen and oxygen atoms in total. The molecule has 5 rings (SSSR count). The Hall–Kier alpha value is -1.60. The summed E-state index contributed by atoms with van der Waals surface area (Å²) < 4.78 is 7.37. The Morgan fingerprint density at radius 2 is 1.94 bits per heavy atom. The van der Waals surface area contributed by atoms with Crippen LogP contribution in [0.2, 0.25) is 0 Å². The van der Waals surface area contributed by atoms with Crippen LogP contribution in [0.5, 0.6) is 0 Å². The minimum atomic E-state index is -0.0646. The first kappa shape index (κ1) is 24.1. The summed E-state index contributed by atoms with van der Waals surface area (Å²) in [6.45, 7) is 3.83. The first-order valence-electron chi connectivity index (χ1n) is 11.0. The van der Waals surface area contributed by atoms with Crippen molar-refractivity contribution in [1.82, 2.24) is 15.1 Å². The lowest BCUT2D eigenvalue weighted by Crippen LogP contribution is -2.29. The lowest BCUT2D eigenvalue weighted by Gasteiger charge is -2.22. The predicted molar refractivity (Wildman–Crippen MR) is 127 cm³/mol. The van der Waals surface area contributed by atoms with Gasteiger partial charge in [-0.15, -0.1) is 24.8 Å². The number of amides is 1. The average Bonchev–Trinajstić information content (AvgIpc) is 3.67. The molecule has 2 unspecified atom stereocenters. The highest BCUT2D eigenvalue weighted by molar-refractivity contribution is 6.04. The average molecular weight is 467 g/mol. The zero-order valence-corrected chi connectivity index (χ0v) is 19.3. The molecule has 0 spiro atoms. The summed E-state index contributed by atoms with van der Waals surface area (Å²) in [5.74, 6) is 1.96. The molecule has 3 fully saturated rings. The number of hydrogen-bond acceptors (Lipinski definition) is 4. The van der Waals surface area contributed by atoms with Gasteiger partial charge in [0.05, 0.1) is 11.9 Å². The second-order valence-corrected chi connectivity index (χ2v) is 8.89. The van der Waals surface area contributed by atoms with E-state index in [2.05, 4.69) is 21.8 Å². The van der Waals surface area contributed by atoms with E-state index in [4.69, 9.17) is 4.74 Å². The fourth-order valence-corrected chi connectivity index (χ4v) is 4.26. The normalized spacial score (nSPS) is 22.8. The van der Waals surface area contributed by atoms with Crippen LogP contribution in [-0.2, 0) is 11.3 Å². The van der Waals surface area contributed by atoms with Gasteiger partial charge in [0.25, 0.3) is 5.91 Å². The number of aromatic nitrogens is 2. The van der Waals surface area contributed by atoms with E-state index in [1.807, 2.05) is 29.1 Å². The summed E-state index contributed by atoms with van der Waals surface area (Å²) in [5, 5.41) is 11.1. The molecule has 0 radical (unpaired) electrons. The minimum Gasteiger partial charge on any atom is -0.381 e. The number of rotatable bonds is 8. The molecule has 31 heavy (non-hydrogen) atoms. The standard InChI is InChI=1S/C23H30N4O2.2ClH/c28-23(26-20-13-25-27(15-20)14-17-4-5-17)19-3-1-2-18(10-19)21-11-22(21)24-12-16-6-8-29-9-7-16;;/h1-3,10,13,15-17,21-22,24H,4-9,11-12,14H2,(H,26,28);2*1H. The van der Waals surface area contributed by atoms with Crippen LogP contribution in [-0.4, -0.2) is 41.5 Å². The van der Waals surface area contributed by atoms with E-state index in [1.54, 1.807) is 6.20 Å². The lowest BCUT2D eigenvalue weighted by molar-refractivity contribution is 0.0662. The van der Waals surface area contributed by atoms with Crippen LogP contribution in [0.25, 0.3) is 0 Å². The molecule has 8 heteroatoms. The molecule has 2 aromatic rings. The molecule has 2 aliphatic carbocycles. The van der Waals surface area contributed by atoms with Crippen LogP contribution in [0.4, 0.5) is 5.69 Å². The second-order valence-electron chi connectivity index (χ2n) is 8.89. The van der Waals surface area contributed by atoms with Crippen molar-refractivity contribution in [3.8, 4) is 0 Å². The van der Waals surface area contributed by atoms with Gasteiger partial charge in [-0.2, -0.15) is 5.10 Å². The van der Waals surface area contributed by atoms with E-state index in [1.165, 1.54) is 18.4 Å². The summed E-state index contributed by atoms with van der Waals surface area (Å²) >= 11 is 0. The quantitative estimate of drug-likeness (QED) is 0.609. The van der Waals surface area contributed by atoms with Crippen molar-refractivity contribution in [1.29, 1.82) is 0 Å². The van der Waals surface area contributed by atoms with Crippen molar-refractivity contribution in [3.63, 3.8) is 0 Å². The molecule has 0 bridgehead atoms. The Kier molecular flexibility index (Phi) is 8.39. The van der Waals surface area contributed by atoms with Gasteiger partial charge in [-0.05, 0) is 68.2 Å². The molecule has 1 aliphatic heterocycles. The SMILES string of the molecule is Cl.Cl.O=C(Nc1cnn(CC2CC2)c1)c1cccc(C2CC2NCC2CCOCC2)c1. The molecular formula is C23H32Cl2N4O2. The van der Waals surface area contributed by atoms with Gasteiger partial charge in [0.2, 0.25) is 0 Å². The van der Waals surface area contributed by atoms with Gasteiger partial charge in [-0.25, -0.2) is 0 Å². The molecule has 2 heterocycles. The zero-order chi connectivity index (χ0) is 19.6. The molecular weight excluding hydrogens is 435 g/mol. The number of hydrogen-bond donors (Lipinski definition) is 2. The van der Waals surface area contributed by atoms with Gasteiger partial charge in [-0.3, -0.25) is 9.48 Å². The summed E-state index contributed by atoms with van der Waals surface area (Å²) in [4.78, 5) is 12.7. The van der Waals surface area contributed by atoms with Crippen molar-refractivity contribution in [2.75, 3.05) is 25.1 Å². The highest BCUT2D eigenvalue weighted by atomic mass is 35.5. The number of carbonyl (C=O) groups excluding carboxylic acids is 1. The summed E-state index contributed by atoms with van der Waals surface area (Å²) in [7, 11) is 0. The number of benzene rings is 1. The van der Waals surface area contributed by atoms with E-state index >= 15 is 0 Å². The van der Waals surface area contributed by atoms with Crippen LogP contribution in [0.3, 0.4) is 0 Å². The largest absolute Gasteiger partial charge is 0.381 e. The molecule has 1 saturated heterocycles. The molecule has 1 aromatic carbocycles. The number of halogens is 2. The highest BCUT2D eigenvalue weighted by Gasteiger charge is 2.38. The molecule has 2 N–H and O–H groups in total. The molecule has 1 aromatic heterocycles.